The Morgan fingerprint density at radius 2 is 2.11 bits per heavy atom. The summed E-state index contributed by atoms with van der Waals surface area (Å²) in [4.78, 5) is 0. The van der Waals surface area contributed by atoms with Crippen molar-refractivity contribution >= 4 is 0 Å². The fraction of sp³-hybridized carbons (Fsp3) is 0.647. The van der Waals surface area contributed by atoms with Gasteiger partial charge in [0.15, 0.2) is 0 Å². The molecule has 0 spiro atoms. The minimum absolute atomic E-state index is 0.0801. The van der Waals surface area contributed by atoms with Gasteiger partial charge in [0, 0.05) is 18.0 Å². The molecule has 2 rings (SSSR count). The van der Waals surface area contributed by atoms with Crippen molar-refractivity contribution in [1.29, 1.82) is 0 Å². The van der Waals surface area contributed by atoms with Crippen LogP contribution in [0.2, 0.25) is 0 Å². The molecule has 0 saturated carbocycles. The highest BCUT2D eigenvalue weighted by atomic mass is 16.5. The number of hydrogen-bond donors (Lipinski definition) is 1. The lowest BCUT2D eigenvalue weighted by atomic mass is 9.89. The Morgan fingerprint density at radius 3 is 2.84 bits per heavy atom. The van der Waals surface area contributed by atoms with E-state index in [4.69, 9.17) is 4.74 Å². The number of nitrogens with one attached hydrogen (secondary N) is 1. The summed E-state index contributed by atoms with van der Waals surface area (Å²) < 4.78 is 6.12. The molecular formula is C17H27NO. The zero-order chi connectivity index (χ0) is 13.9. The third-order valence-electron chi connectivity index (χ3n) is 3.80. The first-order valence-electron chi connectivity index (χ1n) is 7.55. The first-order valence-corrected chi connectivity index (χ1v) is 7.55. The molecule has 1 aliphatic heterocycles. The van der Waals surface area contributed by atoms with Crippen LogP contribution in [-0.4, -0.2) is 12.1 Å². The third-order valence-corrected chi connectivity index (χ3v) is 3.80. The maximum absolute atomic E-state index is 6.12. The van der Waals surface area contributed by atoms with Crippen LogP contribution in [0.1, 0.15) is 63.6 Å². The smallest absolute Gasteiger partial charge is 0.125 e. The molecule has 1 aromatic rings. The van der Waals surface area contributed by atoms with E-state index in [1.54, 1.807) is 0 Å². The largest absolute Gasteiger partial charge is 0.487 e. The second kappa shape index (κ2) is 5.96. The number of unbranched alkanes of at least 4 members (excludes halogenated alkanes) is 2. The number of aryl methyl sites for hydroxylation is 1. The predicted octanol–water partition coefficient (Wildman–Crippen LogP) is 4.38. The summed E-state index contributed by atoms with van der Waals surface area (Å²) in [6.07, 6.45) is 4.88. The van der Waals surface area contributed by atoms with E-state index in [0.717, 1.165) is 18.7 Å². The van der Waals surface area contributed by atoms with Gasteiger partial charge in [0.2, 0.25) is 0 Å². The summed E-state index contributed by atoms with van der Waals surface area (Å²) in [5.74, 6) is 1.06. The van der Waals surface area contributed by atoms with Gasteiger partial charge in [-0.2, -0.15) is 0 Å². The predicted molar refractivity (Wildman–Crippen MR) is 80.8 cm³/mol. The Morgan fingerprint density at radius 1 is 1.32 bits per heavy atom. The Kier molecular flexibility index (Phi) is 4.51. The van der Waals surface area contributed by atoms with Crippen LogP contribution in [0.3, 0.4) is 0 Å². The van der Waals surface area contributed by atoms with Crippen LogP contribution in [0.25, 0.3) is 0 Å². The molecule has 1 atom stereocenters. The monoisotopic (exact) mass is 261 g/mol. The molecule has 1 unspecified atom stereocenters. The van der Waals surface area contributed by atoms with Gasteiger partial charge in [-0.1, -0.05) is 31.9 Å². The summed E-state index contributed by atoms with van der Waals surface area (Å²) in [5.41, 5.74) is 2.51. The van der Waals surface area contributed by atoms with Gasteiger partial charge in [-0.25, -0.2) is 0 Å². The Bertz CT molecular complexity index is 425. The third kappa shape index (κ3) is 3.73. The number of hydrogen-bond acceptors (Lipinski definition) is 2. The van der Waals surface area contributed by atoms with Gasteiger partial charge >= 0.3 is 0 Å². The van der Waals surface area contributed by atoms with Gasteiger partial charge in [-0.3, -0.25) is 0 Å². The molecule has 0 aromatic heterocycles. The van der Waals surface area contributed by atoms with Gasteiger partial charge in [0.05, 0.1) is 0 Å². The van der Waals surface area contributed by atoms with Crippen molar-refractivity contribution in [3.05, 3.63) is 29.3 Å². The van der Waals surface area contributed by atoms with Gasteiger partial charge in [-0.05, 0) is 45.4 Å². The Balaban J connectivity index is 2.11. The first-order chi connectivity index (χ1) is 9.02. The highest BCUT2D eigenvalue weighted by Crippen LogP contribution is 2.39. The topological polar surface area (TPSA) is 21.3 Å². The van der Waals surface area contributed by atoms with Crippen molar-refractivity contribution in [1.82, 2.24) is 5.32 Å². The first kappa shape index (κ1) is 14.4. The van der Waals surface area contributed by atoms with Crippen LogP contribution in [0.4, 0.5) is 0 Å². The SMILES string of the molecule is CCCCCNC1CC(C)(C)Oc2cc(C)ccc21. The lowest BCUT2D eigenvalue weighted by Crippen LogP contribution is -2.39. The van der Waals surface area contributed by atoms with Crippen LogP contribution < -0.4 is 10.1 Å². The second-order valence-corrected chi connectivity index (χ2v) is 6.32. The average molecular weight is 261 g/mol. The molecule has 0 radical (unpaired) electrons. The molecule has 0 aliphatic carbocycles. The summed E-state index contributed by atoms with van der Waals surface area (Å²) in [6, 6.07) is 6.99. The van der Waals surface area contributed by atoms with Crippen molar-refractivity contribution in [3.8, 4) is 5.75 Å². The normalized spacial score (nSPS) is 20.7. The molecule has 2 heteroatoms. The minimum Gasteiger partial charge on any atom is -0.487 e. The van der Waals surface area contributed by atoms with Crippen LogP contribution in [0.15, 0.2) is 18.2 Å². The molecule has 19 heavy (non-hydrogen) atoms. The second-order valence-electron chi connectivity index (χ2n) is 6.32. The van der Waals surface area contributed by atoms with Gasteiger partial charge < -0.3 is 10.1 Å². The molecule has 2 nitrogen and oxygen atoms in total. The van der Waals surface area contributed by atoms with E-state index < -0.39 is 0 Å². The van der Waals surface area contributed by atoms with Crippen molar-refractivity contribution in [2.75, 3.05) is 6.54 Å². The van der Waals surface area contributed by atoms with E-state index >= 15 is 0 Å². The molecule has 0 saturated heterocycles. The molecule has 0 bridgehead atoms. The van der Waals surface area contributed by atoms with E-state index in [-0.39, 0.29) is 5.60 Å². The Labute approximate surface area is 117 Å². The minimum atomic E-state index is -0.0801. The standard InChI is InChI=1S/C17H27NO/c1-5-6-7-10-18-15-12-17(3,4)19-16-11-13(2)8-9-14(15)16/h8-9,11,15,18H,5-7,10,12H2,1-4H3. The highest BCUT2D eigenvalue weighted by molar-refractivity contribution is 5.41. The molecular weight excluding hydrogens is 234 g/mol. The summed E-state index contributed by atoms with van der Waals surface area (Å²) in [5, 5.41) is 3.71. The number of benzene rings is 1. The lowest BCUT2D eigenvalue weighted by Gasteiger charge is -2.38. The van der Waals surface area contributed by atoms with Crippen molar-refractivity contribution in [2.45, 2.75) is 65.0 Å². The number of ether oxygens (including phenoxy) is 1. The van der Waals surface area contributed by atoms with Crippen LogP contribution in [0.5, 0.6) is 5.75 Å². The molecule has 1 aliphatic rings. The maximum Gasteiger partial charge on any atom is 0.125 e. The Hall–Kier alpha value is -1.02. The molecule has 0 amide bonds. The van der Waals surface area contributed by atoms with E-state index in [1.165, 1.54) is 30.4 Å². The zero-order valence-corrected chi connectivity index (χ0v) is 12.8. The zero-order valence-electron chi connectivity index (χ0n) is 12.8. The number of rotatable bonds is 5. The van der Waals surface area contributed by atoms with Crippen molar-refractivity contribution in [3.63, 3.8) is 0 Å². The molecule has 106 valence electrons. The quantitative estimate of drug-likeness (QED) is 0.794. The fourth-order valence-corrected chi connectivity index (χ4v) is 2.79. The summed E-state index contributed by atoms with van der Waals surface area (Å²) >= 11 is 0. The average Bonchev–Trinajstić information content (AvgIpc) is 2.32. The van der Waals surface area contributed by atoms with Crippen LogP contribution in [0, 0.1) is 6.92 Å². The van der Waals surface area contributed by atoms with Gasteiger partial charge in [-0.15, -0.1) is 0 Å². The fourth-order valence-electron chi connectivity index (χ4n) is 2.79. The summed E-state index contributed by atoms with van der Waals surface area (Å²) in [6.45, 7) is 9.82. The molecule has 1 heterocycles. The van der Waals surface area contributed by atoms with E-state index in [9.17, 15) is 0 Å². The molecule has 1 aromatic carbocycles. The van der Waals surface area contributed by atoms with Crippen LogP contribution >= 0.6 is 0 Å². The summed E-state index contributed by atoms with van der Waals surface area (Å²) in [7, 11) is 0. The van der Waals surface area contributed by atoms with Crippen molar-refractivity contribution < 1.29 is 4.74 Å². The van der Waals surface area contributed by atoms with Gasteiger partial charge in [0.1, 0.15) is 11.4 Å². The molecule has 0 fully saturated rings. The lowest BCUT2D eigenvalue weighted by molar-refractivity contribution is 0.0660. The van der Waals surface area contributed by atoms with Crippen molar-refractivity contribution in [2.24, 2.45) is 0 Å². The van der Waals surface area contributed by atoms with E-state index in [2.05, 4.69) is 51.2 Å². The molecule has 1 N–H and O–H groups in total. The maximum atomic E-state index is 6.12. The van der Waals surface area contributed by atoms with Crippen LogP contribution in [-0.2, 0) is 0 Å². The highest BCUT2D eigenvalue weighted by Gasteiger charge is 2.33. The van der Waals surface area contributed by atoms with Gasteiger partial charge in [0.25, 0.3) is 0 Å². The van der Waals surface area contributed by atoms with E-state index in [0.29, 0.717) is 6.04 Å². The van der Waals surface area contributed by atoms with E-state index in [1.807, 2.05) is 0 Å². The number of fused-ring (bicyclic) bond motifs is 1.